The van der Waals surface area contributed by atoms with Gasteiger partial charge in [0.25, 0.3) is 0 Å². The maximum atomic E-state index is 5.50. The topological polar surface area (TPSA) is 0 Å². The van der Waals surface area contributed by atoms with Gasteiger partial charge in [-0.15, -0.1) is 11.6 Å². The normalized spacial score (nSPS) is 13.3. The summed E-state index contributed by atoms with van der Waals surface area (Å²) in [5, 5.41) is 0. The van der Waals surface area contributed by atoms with Crippen LogP contribution in [0.5, 0.6) is 0 Å². The predicted molar refractivity (Wildman–Crippen MR) is 56.1 cm³/mol. The minimum Gasteiger partial charge on any atom is -0.113 e. The Morgan fingerprint density at radius 3 is 2.92 bits per heavy atom. The van der Waals surface area contributed by atoms with Crippen LogP contribution >= 0.6 is 11.6 Å². The molecule has 66 valence electrons. The van der Waals surface area contributed by atoms with E-state index in [2.05, 4.69) is 30.0 Å². The van der Waals surface area contributed by atoms with E-state index in [1.54, 1.807) is 0 Å². The SMILES string of the molecule is ClCC#Cc1ccc2c(c1)CCC2. The number of aryl methyl sites for hydroxylation is 2. The fourth-order valence-corrected chi connectivity index (χ4v) is 1.85. The van der Waals surface area contributed by atoms with Crippen molar-refractivity contribution in [2.24, 2.45) is 0 Å². The second kappa shape index (κ2) is 3.85. The molecule has 0 aromatic heterocycles. The highest BCUT2D eigenvalue weighted by Crippen LogP contribution is 2.22. The number of alkyl halides is 1. The Morgan fingerprint density at radius 1 is 1.23 bits per heavy atom. The van der Waals surface area contributed by atoms with Crippen LogP contribution in [-0.2, 0) is 12.8 Å². The Hall–Kier alpha value is -0.930. The smallest absolute Gasteiger partial charge is 0.0839 e. The van der Waals surface area contributed by atoms with Gasteiger partial charge in [0.2, 0.25) is 0 Å². The Labute approximate surface area is 83.9 Å². The molecule has 0 amide bonds. The molecule has 0 aliphatic heterocycles. The van der Waals surface area contributed by atoms with Crippen molar-refractivity contribution in [3.63, 3.8) is 0 Å². The summed E-state index contributed by atoms with van der Waals surface area (Å²) in [6.45, 7) is 0. The summed E-state index contributed by atoms with van der Waals surface area (Å²) in [5.74, 6) is 6.33. The molecular weight excluding hydrogens is 180 g/mol. The summed E-state index contributed by atoms with van der Waals surface area (Å²) >= 11 is 5.50. The van der Waals surface area contributed by atoms with Gasteiger partial charge in [-0.05, 0) is 42.5 Å². The van der Waals surface area contributed by atoms with Crippen molar-refractivity contribution < 1.29 is 0 Å². The molecule has 0 N–H and O–H groups in total. The van der Waals surface area contributed by atoms with Crippen LogP contribution < -0.4 is 0 Å². The van der Waals surface area contributed by atoms with E-state index in [1.165, 1.54) is 30.4 Å². The molecule has 1 aromatic carbocycles. The zero-order valence-corrected chi connectivity index (χ0v) is 8.19. The molecule has 1 aliphatic rings. The number of hydrogen-bond acceptors (Lipinski definition) is 0. The minimum atomic E-state index is 0.414. The van der Waals surface area contributed by atoms with E-state index in [0.717, 1.165) is 5.56 Å². The molecule has 0 spiro atoms. The van der Waals surface area contributed by atoms with E-state index >= 15 is 0 Å². The monoisotopic (exact) mass is 190 g/mol. The fraction of sp³-hybridized carbons (Fsp3) is 0.333. The van der Waals surface area contributed by atoms with Gasteiger partial charge in [0.05, 0.1) is 5.88 Å². The van der Waals surface area contributed by atoms with Crippen LogP contribution in [0.25, 0.3) is 0 Å². The van der Waals surface area contributed by atoms with Crippen LogP contribution in [0.1, 0.15) is 23.1 Å². The summed E-state index contributed by atoms with van der Waals surface area (Å²) < 4.78 is 0. The van der Waals surface area contributed by atoms with Crippen LogP contribution in [0.3, 0.4) is 0 Å². The van der Waals surface area contributed by atoms with Crippen LogP contribution in [0.4, 0.5) is 0 Å². The van der Waals surface area contributed by atoms with E-state index in [-0.39, 0.29) is 0 Å². The lowest BCUT2D eigenvalue weighted by molar-refractivity contribution is 0.912. The molecule has 0 heterocycles. The standard InChI is InChI=1S/C12H11Cl/c13-8-2-3-10-6-7-11-4-1-5-12(11)9-10/h6-7,9H,1,4-5,8H2. The number of benzene rings is 1. The van der Waals surface area contributed by atoms with Gasteiger partial charge in [0.15, 0.2) is 0 Å². The lowest BCUT2D eigenvalue weighted by Gasteiger charge is -1.98. The second-order valence-electron chi connectivity index (χ2n) is 3.27. The summed E-state index contributed by atoms with van der Waals surface area (Å²) in [7, 11) is 0. The summed E-state index contributed by atoms with van der Waals surface area (Å²) in [6.07, 6.45) is 3.74. The third-order valence-corrected chi connectivity index (χ3v) is 2.53. The summed E-state index contributed by atoms with van der Waals surface area (Å²) in [4.78, 5) is 0. The van der Waals surface area contributed by atoms with Crippen molar-refractivity contribution in [3.05, 3.63) is 34.9 Å². The second-order valence-corrected chi connectivity index (χ2v) is 3.54. The average molecular weight is 191 g/mol. The number of rotatable bonds is 0. The Bertz CT molecular complexity index is 368. The van der Waals surface area contributed by atoms with Crippen LogP contribution in [-0.4, -0.2) is 5.88 Å². The van der Waals surface area contributed by atoms with Crippen molar-refractivity contribution in [1.82, 2.24) is 0 Å². The van der Waals surface area contributed by atoms with Crippen molar-refractivity contribution >= 4 is 11.6 Å². The van der Waals surface area contributed by atoms with E-state index in [4.69, 9.17) is 11.6 Å². The maximum absolute atomic E-state index is 5.50. The zero-order chi connectivity index (χ0) is 9.10. The first-order valence-corrected chi connectivity index (χ1v) is 5.10. The Balaban J connectivity index is 2.31. The molecule has 0 atom stereocenters. The highest BCUT2D eigenvalue weighted by atomic mass is 35.5. The number of halogens is 1. The van der Waals surface area contributed by atoms with Gasteiger partial charge >= 0.3 is 0 Å². The lowest BCUT2D eigenvalue weighted by Crippen LogP contribution is -1.83. The Kier molecular flexibility index (Phi) is 2.57. The molecule has 0 unspecified atom stereocenters. The summed E-state index contributed by atoms with van der Waals surface area (Å²) in [5.41, 5.74) is 4.07. The van der Waals surface area contributed by atoms with Crippen molar-refractivity contribution in [1.29, 1.82) is 0 Å². The summed E-state index contributed by atoms with van der Waals surface area (Å²) in [6, 6.07) is 6.48. The maximum Gasteiger partial charge on any atom is 0.0839 e. The van der Waals surface area contributed by atoms with Gasteiger partial charge in [-0.2, -0.15) is 0 Å². The van der Waals surface area contributed by atoms with E-state index in [0.29, 0.717) is 5.88 Å². The largest absolute Gasteiger partial charge is 0.113 e. The van der Waals surface area contributed by atoms with Gasteiger partial charge in [-0.3, -0.25) is 0 Å². The van der Waals surface area contributed by atoms with E-state index < -0.39 is 0 Å². The molecule has 0 nitrogen and oxygen atoms in total. The first-order chi connectivity index (χ1) is 6.40. The van der Waals surface area contributed by atoms with Gasteiger partial charge in [-0.25, -0.2) is 0 Å². The van der Waals surface area contributed by atoms with E-state index in [1.807, 2.05) is 0 Å². The number of hydrogen-bond donors (Lipinski definition) is 0. The molecule has 0 fully saturated rings. The molecule has 1 aliphatic carbocycles. The molecule has 13 heavy (non-hydrogen) atoms. The molecule has 0 saturated carbocycles. The fourth-order valence-electron chi connectivity index (χ4n) is 1.79. The number of fused-ring (bicyclic) bond motifs is 1. The van der Waals surface area contributed by atoms with Gasteiger partial charge in [-0.1, -0.05) is 17.9 Å². The Morgan fingerprint density at radius 2 is 2.08 bits per heavy atom. The zero-order valence-electron chi connectivity index (χ0n) is 7.44. The first-order valence-electron chi connectivity index (χ1n) is 4.57. The van der Waals surface area contributed by atoms with Crippen LogP contribution in [0.2, 0.25) is 0 Å². The highest BCUT2D eigenvalue weighted by molar-refractivity contribution is 6.19. The van der Waals surface area contributed by atoms with Crippen molar-refractivity contribution in [3.8, 4) is 11.8 Å². The molecule has 1 heteroatoms. The molecule has 0 saturated heterocycles. The van der Waals surface area contributed by atoms with Gasteiger partial charge in [0, 0.05) is 5.56 Å². The average Bonchev–Trinajstić information content (AvgIpc) is 2.61. The molecule has 2 rings (SSSR count). The van der Waals surface area contributed by atoms with Gasteiger partial charge in [0.1, 0.15) is 0 Å². The third kappa shape index (κ3) is 1.87. The first kappa shape index (κ1) is 8.66. The molecule has 1 aromatic rings. The van der Waals surface area contributed by atoms with Crippen molar-refractivity contribution in [2.75, 3.05) is 5.88 Å². The molecular formula is C12H11Cl. The van der Waals surface area contributed by atoms with Crippen molar-refractivity contribution in [2.45, 2.75) is 19.3 Å². The third-order valence-electron chi connectivity index (χ3n) is 2.40. The molecule has 0 radical (unpaired) electrons. The van der Waals surface area contributed by atoms with Crippen LogP contribution in [0, 0.1) is 11.8 Å². The predicted octanol–water partition coefficient (Wildman–Crippen LogP) is 2.77. The quantitative estimate of drug-likeness (QED) is 0.436. The molecule has 0 bridgehead atoms. The van der Waals surface area contributed by atoms with E-state index in [9.17, 15) is 0 Å². The van der Waals surface area contributed by atoms with Gasteiger partial charge < -0.3 is 0 Å². The highest BCUT2D eigenvalue weighted by Gasteiger charge is 2.09. The minimum absolute atomic E-state index is 0.414. The van der Waals surface area contributed by atoms with Crippen LogP contribution in [0.15, 0.2) is 18.2 Å². The lowest BCUT2D eigenvalue weighted by atomic mass is 10.1.